The van der Waals surface area contributed by atoms with E-state index in [9.17, 15) is 9.18 Å². The molecule has 0 spiro atoms. The van der Waals surface area contributed by atoms with Gasteiger partial charge in [0.15, 0.2) is 5.17 Å². The fraction of sp³-hybridized carbons (Fsp3) is 0.385. The summed E-state index contributed by atoms with van der Waals surface area (Å²) in [6.07, 6.45) is 7.59. The molecule has 0 aromatic heterocycles. The molecular weight excluding hydrogens is 251 g/mol. The van der Waals surface area contributed by atoms with E-state index in [1.54, 1.807) is 6.08 Å². The predicted molar refractivity (Wildman–Crippen MR) is 73.1 cm³/mol. The van der Waals surface area contributed by atoms with E-state index in [0.29, 0.717) is 17.2 Å². The van der Waals surface area contributed by atoms with Gasteiger partial charge in [-0.1, -0.05) is 30.0 Å². The van der Waals surface area contributed by atoms with E-state index in [-0.39, 0.29) is 23.0 Å². The van der Waals surface area contributed by atoms with E-state index >= 15 is 0 Å². The number of halogens is 1. The first-order valence-electron chi connectivity index (χ1n) is 5.86. The van der Waals surface area contributed by atoms with Gasteiger partial charge in [-0.15, -0.1) is 0 Å². The largest absolute Gasteiger partial charge is 0.304 e. The van der Waals surface area contributed by atoms with Crippen LogP contribution < -0.4 is 5.32 Å². The molecule has 2 atom stereocenters. The number of hydrogen-bond acceptors (Lipinski definition) is 3. The van der Waals surface area contributed by atoms with Crippen molar-refractivity contribution in [1.29, 1.82) is 0 Å². The molecule has 1 unspecified atom stereocenters. The highest BCUT2D eigenvalue weighted by Gasteiger charge is 2.26. The minimum absolute atomic E-state index is 0.0447. The van der Waals surface area contributed by atoms with Gasteiger partial charge in [0, 0.05) is 5.57 Å². The van der Waals surface area contributed by atoms with Crippen molar-refractivity contribution >= 4 is 22.8 Å². The second kappa shape index (κ2) is 5.52. The first-order chi connectivity index (χ1) is 8.58. The number of carbonyl (C=O) groups is 1. The summed E-state index contributed by atoms with van der Waals surface area (Å²) in [5.41, 5.74) is 0.547. The first-order valence-corrected chi connectivity index (χ1v) is 6.74. The Morgan fingerprint density at radius 1 is 1.61 bits per heavy atom. The minimum atomic E-state index is -0.308. The lowest BCUT2D eigenvalue weighted by molar-refractivity contribution is -0.118. The van der Waals surface area contributed by atoms with E-state index in [4.69, 9.17) is 0 Å². The van der Waals surface area contributed by atoms with Gasteiger partial charge in [0.05, 0.1) is 11.3 Å². The highest BCUT2D eigenvalue weighted by molar-refractivity contribution is 8.15. The Balaban J connectivity index is 2.15. The standard InChI is InChI=1S/C13H15FN2OS/c1-8(10-6-4-3-5-7-11(10)14)15-13-16-12(17)9(2)18-13/h3-4,6-9H,5H2,1-2H3,(H,15,16,17)/t8-,9?/m0/s1. The van der Waals surface area contributed by atoms with Crippen molar-refractivity contribution in [3.05, 3.63) is 35.7 Å². The Morgan fingerprint density at radius 3 is 3.06 bits per heavy atom. The first kappa shape index (κ1) is 13.1. The number of amidine groups is 1. The summed E-state index contributed by atoms with van der Waals surface area (Å²) >= 11 is 1.37. The lowest BCUT2D eigenvalue weighted by Crippen LogP contribution is -2.24. The van der Waals surface area contributed by atoms with E-state index in [1.807, 2.05) is 26.0 Å². The summed E-state index contributed by atoms with van der Waals surface area (Å²) in [6, 6.07) is -0.308. The zero-order valence-corrected chi connectivity index (χ0v) is 11.1. The molecule has 0 bridgehead atoms. The number of rotatable bonds is 2. The SMILES string of the molecule is CC1SC(=N[C@@H](C)C2=CC=CCC=C2F)NC1=O. The van der Waals surface area contributed by atoms with Crippen molar-refractivity contribution in [2.24, 2.45) is 4.99 Å². The summed E-state index contributed by atoms with van der Waals surface area (Å²) < 4.78 is 13.8. The summed E-state index contributed by atoms with van der Waals surface area (Å²) in [4.78, 5) is 15.7. The third kappa shape index (κ3) is 2.90. The number of hydrogen-bond donors (Lipinski definition) is 1. The minimum Gasteiger partial charge on any atom is -0.304 e. The van der Waals surface area contributed by atoms with E-state index in [2.05, 4.69) is 10.3 Å². The summed E-state index contributed by atoms with van der Waals surface area (Å²) in [6.45, 7) is 3.64. The van der Waals surface area contributed by atoms with Crippen LogP contribution in [-0.4, -0.2) is 22.4 Å². The number of allylic oxidation sites excluding steroid dienone is 4. The van der Waals surface area contributed by atoms with Crippen LogP contribution in [-0.2, 0) is 4.79 Å². The molecule has 1 N–H and O–H groups in total. The average Bonchev–Trinajstić information content (AvgIpc) is 2.52. The Kier molecular flexibility index (Phi) is 4.01. The van der Waals surface area contributed by atoms with Crippen LogP contribution in [0.3, 0.4) is 0 Å². The lowest BCUT2D eigenvalue weighted by Gasteiger charge is -2.10. The highest BCUT2D eigenvalue weighted by atomic mass is 32.2. The maximum Gasteiger partial charge on any atom is 0.239 e. The second-order valence-electron chi connectivity index (χ2n) is 4.20. The molecule has 1 saturated heterocycles. The zero-order chi connectivity index (χ0) is 13.1. The topological polar surface area (TPSA) is 41.5 Å². The second-order valence-corrected chi connectivity index (χ2v) is 5.53. The van der Waals surface area contributed by atoms with Crippen molar-refractivity contribution in [3.63, 3.8) is 0 Å². The molecule has 1 fully saturated rings. The Labute approximate surface area is 110 Å². The fourth-order valence-electron chi connectivity index (χ4n) is 1.72. The van der Waals surface area contributed by atoms with Crippen LogP contribution >= 0.6 is 11.8 Å². The van der Waals surface area contributed by atoms with Crippen molar-refractivity contribution in [3.8, 4) is 0 Å². The van der Waals surface area contributed by atoms with Crippen LogP contribution in [0.5, 0.6) is 0 Å². The summed E-state index contributed by atoms with van der Waals surface area (Å²) in [5, 5.41) is 3.14. The van der Waals surface area contributed by atoms with Gasteiger partial charge in [-0.25, -0.2) is 4.39 Å². The molecule has 0 saturated carbocycles. The fourth-order valence-corrected chi connectivity index (χ4v) is 2.60. The highest BCUT2D eigenvalue weighted by Crippen LogP contribution is 2.24. The molecule has 1 heterocycles. The van der Waals surface area contributed by atoms with Crippen LogP contribution in [0.1, 0.15) is 20.3 Å². The van der Waals surface area contributed by atoms with Gasteiger partial charge in [0.1, 0.15) is 5.83 Å². The van der Waals surface area contributed by atoms with E-state index < -0.39 is 0 Å². The monoisotopic (exact) mass is 266 g/mol. The Bertz CT molecular complexity index is 479. The average molecular weight is 266 g/mol. The molecule has 2 aliphatic rings. The molecule has 1 aliphatic heterocycles. The summed E-state index contributed by atoms with van der Waals surface area (Å²) in [5.74, 6) is -0.282. The van der Waals surface area contributed by atoms with Gasteiger partial charge in [-0.2, -0.15) is 0 Å². The summed E-state index contributed by atoms with van der Waals surface area (Å²) in [7, 11) is 0. The molecule has 0 aromatic rings. The van der Waals surface area contributed by atoms with Gasteiger partial charge in [0.2, 0.25) is 5.91 Å². The molecule has 96 valence electrons. The van der Waals surface area contributed by atoms with Gasteiger partial charge >= 0.3 is 0 Å². The van der Waals surface area contributed by atoms with Crippen molar-refractivity contribution in [2.45, 2.75) is 31.6 Å². The maximum atomic E-state index is 13.8. The number of amides is 1. The van der Waals surface area contributed by atoms with Gasteiger partial charge in [-0.3, -0.25) is 9.79 Å². The third-order valence-corrected chi connectivity index (χ3v) is 3.77. The molecule has 0 aromatic carbocycles. The van der Waals surface area contributed by atoms with Crippen molar-refractivity contribution in [1.82, 2.24) is 5.32 Å². The van der Waals surface area contributed by atoms with E-state index in [1.165, 1.54) is 17.8 Å². The van der Waals surface area contributed by atoms with Crippen molar-refractivity contribution in [2.75, 3.05) is 0 Å². The molecule has 1 aliphatic carbocycles. The lowest BCUT2D eigenvalue weighted by atomic mass is 10.1. The quantitative estimate of drug-likeness (QED) is 0.835. The Hall–Kier alpha value is -1.36. The van der Waals surface area contributed by atoms with Gasteiger partial charge in [-0.05, 0) is 26.3 Å². The van der Waals surface area contributed by atoms with E-state index in [0.717, 1.165) is 0 Å². The number of thioether (sulfide) groups is 1. The molecule has 2 rings (SSSR count). The maximum absolute atomic E-state index is 13.8. The smallest absolute Gasteiger partial charge is 0.239 e. The number of carbonyl (C=O) groups excluding carboxylic acids is 1. The van der Waals surface area contributed by atoms with Crippen LogP contribution in [0.4, 0.5) is 4.39 Å². The van der Waals surface area contributed by atoms with Crippen molar-refractivity contribution < 1.29 is 9.18 Å². The Morgan fingerprint density at radius 2 is 2.39 bits per heavy atom. The molecule has 18 heavy (non-hydrogen) atoms. The van der Waals surface area contributed by atoms with Crippen LogP contribution in [0, 0.1) is 0 Å². The number of nitrogens with zero attached hydrogens (tertiary/aromatic N) is 1. The van der Waals surface area contributed by atoms with Gasteiger partial charge in [0.25, 0.3) is 0 Å². The van der Waals surface area contributed by atoms with Crippen LogP contribution in [0.15, 0.2) is 40.7 Å². The molecule has 3 nitrogen and oxygen atoms in total. The number of nitrogens with one attached hydrogen (secondary N) is 1. The predicted octanol–water partition coefficient (Wildman–Crippen LogP) is 2.72. The van der Waals surface area contributed by atoms with Crippen LogP contribution in [0.25, 0.3) is 0 Å². The molecular formula is C13H15FN2OS. The molecule has 5 heteroatoms. The van der Waals surface area contributed by atoms with Gasteiger partial charge < -0.3 is 5.32 Å². The number of aliphatic imine (C=N–C) groups is 1. The molecule has 0 radical (unpaired) electrons. The zero-order valence-electron chi connectivity index (χ0n) is 10.3. The third-order valence-electron chi connectivity index (χ3n) is 2.77. The normalized spacial score (nSPS) is 27.6. The molecule has 1 amide bonds. The van der Waals surface area contributed by atoms with Crippen LogP contribution in [0.2, 0.25) is 0 Å².